The number of aryl methyl sites for hydroxylation is 1. The molecule has 0 saturated heterocycles. The number of carbonyl (C=O) groups excluding carboxylic acids is 1. The highest BCUT2D eigenvalue weighted by atomic mass is 16.4. The monoisotopic (exact) mass is 273 g/mol. The molecule has 1 amide bonds. The van der Waals surface area contributed by atoms with Crippen molar-refractivity contribution in [1.29, 1.82) is 0 Å². The van der Waals surface area contributed by atoms with Crippen LogP contribution < -0.4 is 5.32 Å². The second-order valence-electron chi connectivity index (χ2n) is 4.04. The molecule has 1 N–H and O–H groups in total. The summed E-state index contributed by atoms with van der Waals surface area (Å²) >= 11 is 0. The number of amides is 1. The van der Waals surface area contributed by atoms with E-state index < -0.39 is 0 Å². The van der Waals surface area contributed by atoms with Gasteiger partial charge in [-0.25, -0.2) is 4.98 Å². The van der Waals surface area contributed by atoms with Crippen molar-refractivity contribution in [2.45, 2.75) is 13.5 Å². The maximum atomic E-state index is 11.8. The van der Waals surface area contributed by atoms with Crippen LogP contribution in [-0.4, -0.2) is 25.7 Å². The van der Waals surface area contributed by atoms with Gasteiger partial charge in [-0.2, -0.15) is 0 Å². The largest absolute Gasteiger partial charge is 0.459 e. The SMILES string of the molecule is Cc1nccn1CC(=O)Nc1nnc(-c2ccco2)o1. The number of hydrogen-bond acceptors (Lipinski definition) is 6. The summed E-state index contributed by atoms with van der Waals surface area (Å²) in [4.78, 5) is 15.9. The second kappa shape index (κ2) is 5.00. The molecule has 0 bridgehead atoms. The lowest BCUT2D eigenvalue weighted by molar-refractivity contribution is -0.116. The number of furan rings is 1. The Bertz CT molecular complexity index is 713. The third-order valence-electron chi connectivity index (χ3n) is 2.64. The Kier molecular flexibility index (Phi) is 3.04. The molecule has 3 rings (SSSR count). The van der Waals surface area contributed by atoms with E-state index in [1.54, 1.807) is 29.1 Å². The third-order valence-corrected chi connectivity index (χ3v) is 2.64. The fourth-order valence-electron chi connectivity index (χ4n) is 1.66. The molecule has 0 unspecified atom stereocenters. The van der Waals surface area contributed by atoms with E-state index in [1.807, 2.05) is 6.92 Å². The van der Waals surface area contributed by atoms with Crippen molar-refractivity contribution in [2.75, 3.05) is 5.32 Å². The van der Waals surface area contributed by atoms with Gasteiger partial charge in [0.1, 0.15) is 12.4 Å². The van der Waals surface area contributed by atoms with Crippen LogP contribution >= 0.6 is 0 Å². The molecule has 0 aliphatic carbocycles. The number of imidazole rings is 1. The van der Waals surface area contributed by atoms with Gasteiger partial charge in [-0.05, 0) is 19.1 Å². The van der Waals surface area contributed by atoms with Crippen LogP contribution in [0.3, 0.4) is 0 Å². The number of hydrogen-bond donors (Lipinski definition) is 1. The van der Waals surface area contributed by atoms with Crippen molar-refractivity contribution in [2.24, 2.45) is 0 Å². The molecule has 0 saturated carbocycles. The van der Waals surface area contributed by atoms with Gasteiger partial charge in [0.05, 0.1) is 6.26 Å². The van der Waals surface area contributed by atoms with Crippen molar-refractivity contribution < 1.29 is 13.6 Å². The minimum Gasteiger partial charge on any atom is -0.459 e. The number of carbonyl (C=O) groups is 1. The van der Waals surface area contributed by atoms with Gasteiger partial charge in [0.25, 0.3) is 5.89 Å². The summed E-state index contributed by atoms with van der Waals surface area (Å²) < 4.78 is 12.1. The molecular formula is C12H11N5O3. The lowest BCUT2D eigenvalue weighted by Gasteiger charge is -2.03. The highest BCUT2D eigenvalue weighted by Gasteiger charge is 2.13. The lowest BCUT2D eigenvalue weighted by atomic mass is 10.5. The van der Waals surface area contributed by atoms with Gasteiger partial charge in [0.15, 0.2) is 5.76 Å². The average Bonchev–Trinajstić information content (AvgIpc) is 3.12. The van der Waals surface area contributed by atoms with Gasteiger partial charge in [-0.15, -0.1) is 5.10 Å². The maximum absolute atomic E-state index is 11.8. The van der Waals surface area contributed by atoms with Gasteiger partial charge in [-0.3, -0.25) is 10.1 Å². The Hall–Kier alpha value is -2.90. The fraction of sp³-hybridized carbons (Fsp3) is 0.167. The van der Waals surface area contributed by atoms with Crippen molar-refractivity contribution in [3.63, 3.8) is 0 Å². The Morgan fingerprint density at radius 2 is 2.35 bits per heavy atom. The Morgan fingerprint density at radius 1 is 1.45 bits per heavy atom. The Balaban J connectivity index is 1.66. The highest BCUT2D eigenvalue weighted by molar-refractivity contribution is 5.88. The molecule has 20 heavy (non-hydrogen) atoms. The minimum absolute atomic E-state index is 0.0270. The molecule has 3 aromatic rings. The molecular weight excluding hydrogens is 262 g/mol. The molecule has 8 heteroatoms. The first-order chi connectivity index (χ1) is 9.72. The van der Waals surface area contributed by atoms with Crippen LogP contribution in [0, 0.1) is 6.92 Å². The first kappa shape index (κ1) is 12.2. The van der Waals surface area contributed by atoms with Crippen LogP contribution in [0.5, 0.6) is 0 Å². The van der Waals surface area contributed by atoms with E-state index in [-0.39, 0.29) is 24.4 Å². The first-order valence-corrected chi connectivity index (χ1v) is 5.87. The van der Waals surface area contributed by atoms with Gasteiger partial charge in [-0.1, -0.05) is 5.10 Å². The molecule has 0 aliphatic heterocycles. The average molecular weight is 273 g/mol. The van der Waals surface area contributed by atoms with Crippen molar-refractivity contribution >= 4 is 11.9 Å². The normalized spacial score (nSPS) is 10.7. The van der Waals surface area contributed by atoms with Crippen LogP contribution in [-0.2, 0) is 11.3 Å². The van der Waals surface area contributed by atoms with E-state index in [0.29, 0.717) is 5.76 Å². The zero-order valence-electron chi connectivity index (χ0n) is 10.6. The Morgan fingerprint density at radius 3 is 3.05 bits per heavy atom. The number of anilines is 1. The van der Waals surface area contributed by atoms with Gasteiger partial charge >= 0.3 is 6.01 Å². The van der Waals surface area contributed by atoms with Crippen LogP contribution in [0.4, 0.5) is 6.01 Å². The van der Waals surface area contributed by atoms with Crippen molar-refractivity contribution in [3.05, 3.63) is 36.6 Å². The molecule has 102 valence electrons. The summed E-state index contributed by atoms with van der Waals surface area (Å²) in [6.45, 7) is 1.94. The standard InChI is InChI=1S/C12H11N5O3/c1-8-13-4-5-17(8)7-10(18)14-12-16-15-11(20-12)9-3-2-6-19-9/h2-6H,7H2,1H3,(H,14,16,18). The van der Waals surface area contributed by atoms with Gasteiger partial charge in [0, 0.05) is 12.4 Å². The minimum atomic E-state index is -0.277. The van der Waals surface area contributed by atoms with E-state index in [0.717, 1.165) is 5.82 Å². The molecule has 3 aromatic heterocycles. The molecule has 0 atom stereocenters. The first-order valence-electron chi connectivity index (χ1n) is 5.87. The molecule has 0 spiro atoms. The number of aromatic nitrogens is 4. The van der Waals surface area contributed by atoms with Gasteiger partial charge in [0.2, 0.25) is 5.91 Å². The summed E-state index contributed by atoms with van der Waals surface area (Å²) in [6.07, 6.45) is 4.85. The zero-order valence-corrected chi connectivity index (χ0v) is 10.6. The molecule has 0 radical (unpaired) electrons. The van der Waals surface area contributed by atoms with E-state index in [1.165, 1.54) is 6.26 Å². The zero-order chi connectivity index (χ0) is 13.9. The number of rotatable bonds is 4. The van der Waals surface area contributed by atoms with Crippen molar-refractivity contribution in [1.82, 2.24) is 19.7 Å². The maximum Gasteiger partial charge on any atom is 0.322 e. The van der Waals surface area contributed by atoms with Crippen LogP contribution in [0.2, 0.25) is 0 Å². The number of nitrogens with one attached hydrogen (secondary N) is 1. The predicted octanol–water partition coefficient (Wildman–Crippen LogP) is 1.47. The van der Waals surface area contributed by atoms with Gasteiger partial charge < -0.3 is 13.4 Å². The predicted molar refractivity (Wildman–Crippen MR) is 67.6 cm³/mol. The van der Waals surface area contributed by atoms with Crippen molar-refractivity contribution in [3.8, 4) is 11.7 Å². The third kappa shape index (κ3) is 2.44. The lowest BCUT2D eigenvalue weighted by Crippen LogP contribution is -2.19. The van der Waals surface area contributed by atoms with E-state index in [9.17, 15) is 4.79 Å². The van der Waals surface area contributed by atoms with Crippen LogP contribution in [0.15, 0.2) is 39.6 Å². The molecule has 0 fully saturated rings. The van der Waals surface area contributed by atoms with Crippen LogP contribution in [0.25, 0.3) is 11.7 Å². The van der Waals surface area contributed by atoms with E-state index >= 15 is 0 Å². The molecule has 3 heterocycles. The molecule has 0 aliphatic rings. The second-order valence-corrected chi connectivity index (χ2v) is 4.04. The topological polar surface area (TPSA) is 99.0 Å². The summed E-state index contributed by atoms with van der Waals surface area (Å²) in [7, 11) is 0. The Labute approximate surface area is 113 Å². The quantitative estimate of drug-likeness (QED) is 0.772. The number of nitrogens with zero attached hydrogens (tertiary/aromatic N) is 4. The fourth-order valence-corrected chi connectivity index (χ4v) is 1.66. The van der Waals surface area contributed by atoms with Crippen LogP contribution in [0.1, 0.15) is 5.82 Å². The molecule has 8 nitrogen and oxygen atoms in total. The summed E-state index contributed by atoms with van der Waals surface area (Å²) in [5, 5.41) is 10.0. The summed E-state index contributed by atoms with van der Waals surface area (Å²) in [5.74, 6) is 1.13. The summed E-state index contributed by atoms with van der Waals surface area (Å²) in [5.41, 5.74) is 0. The molecule has 0 aromatic carbocycles. The van der Waals surface area contributed by atoms with E-state index in [4.69, 9.17) is 8.83 Å². The summed E-state index contributed by atoms with van der Waals surface area (Å²) in [6, 6.07) is 3.42. The smallest absolute Gasteiger partial charge is 0.322 e. The van der Waals surface area contributed by atoms with E-state index in [2.05, 4.69) is 20.5 Å². The highest BCUT2D eigenvalue weighted by Crippen LogP contribution is 2.19.